The van der Waals surface area contributed by atoms with Gasteiger partial charge < -0.3 is 9.80 Å². The normalized spacial score (nSPS) is 21.1. The number of rotatable bonds is 7. The second-order valence-corrected chi connectivity index (χ2v) is 6.86. The molecule has 0 aromatic carbocycles. The first kappa shape index (κ1) is 17.4. The van der Waals surface area contributed by atoms with Crippen LogP contribution in [0.15, 0.2) is 0 Å². The largest absolute Gasteiger partial charge is 0.306 e. The van der Waals surface area contributed by atoms with E-state index >= 15 is 0 Å². The van der Waals surface area contributed by atoms with E-state index in [1.165, 1.54) is 25.9 Å². The molecular formula is C16H32N4. The molecule has 1 rings (SSSR count). The Hall–Kier alpha value is -0.630. The number of hydrogen-bond acceptors (Lipinski definition) is 4. The van der Waals surface area contributed by atoms with E-state index in [1.807, 2.05) is 6.92 Å². The van der Waals surface area contributed by atoms with Gasteiger partial charge in [0.25, 0.3) is 0 Å². The van der Waals surface area contributed by atoms with E-state index in [-0.39, 0.29) is 5.54 Å². The van der Waals surface area contributed by atoms with Gasteiger partial charge in [0.1, 0.15) is 5.54 Å². The predicted octanol–water partition coefficient (Wildman–Crippen LogP) is 2.07. The molecule has 0 aromatic rings. The van der Waals surface area contributed by atoms with Crippen molar-refractivity contribution in [2.45, 2.75) is 64.1 Å². The van der Waals surface area contributed by atoms with Gasteiger partial charge in [-0.3, -0.25) is 5.32 Å². The Morgan fingerprint density at radius 1 is 1.40 bits per heavy atom. The molecule has 1 fully saturated rings. The molecule has 0 radical (unpaired) electrons. The number of hydrogen-bond donors (Lipinski definition) is 1. The molecule has 4 nitrogen and oxygen atoms in total. The fraction of sp³-hybridized carbons (Fsp3) is 0.938. The van der Waals surface area contributed by atoms with Crippen LogP contribution in [0.3, 0.4) is 0 Å². The van der Waals surface area contributed by atoms with Gasteiger partial charge in [0.15, 0.2) is 0 Å². The van der Waals surface area contributed by atoms with Crippen LogP contribution in [0.4, 0.5) is 0 Å². The molecule has 0 saturated carbocycles. The van der Waals surface area contributed by atoms with Crippen molar-refractivity contribution < 1.29 is 0 Å². The van der Waals surface area contributed by atoms with Crippen molar-refractivity contribution in [2.75, 3.05) is 33.7 Å². The van der Waals surface area contributed by atoms with E-state index in [9.17, 15) is 5.26 Å². The molecule has 0 spiro atoms. The first-order chi connectivity index (χ1) is 9.36. The van der Waals surface area contributed by atoms with Crippen LogP contribution in [0.2, 0.25) is 0 Å². The molecule has 116 valence electrons. The second kappa shape index (κ2) is 7.97. The molecule has 1 saturated heterocycles. The molecule has 0 aromatic heterocycles. The molecule has 0 bridgehead atoms. The van der Waals surface area contributed by atoms with Crippen molar-refractivity contribution in [1.29, 1.82) is 5.26 Å². The summed E-state index contributed by atoms with van der Waals surface area (Å²) in [6.45, 7) is 9.72. The minimum absolute atomic E-state index is 0.353. The summed E-state index contributed by atoms with van der Waals surface area (Å²) in [5.41, 5.74) is -0.387. The van der Waals surface area contributed by atoms with Gasteiger partial charge in [0.05, 0.1) is 6.07 Å². The topological polar surface area (TPSA) is 42.3 Å². The summed E-state index contributed by atoms with van der Waals surface area (Å²) in [5.74, 6) is 0. The molecular weight excluding hydrogens is 248 g/mol. The van der Waals surface area contributed by atoms with Crippen molar-refractivity contribution >= 4 is 0 Å². The van der Waals surface area contributed by atoms with Crippen molar-refractivity contribution in [3.05, 3.63) is 0 Å². The lowest BCUT2D eigenvalue weighted by Gasteiger charge is -2.35. The van der Waals surface area contributed by atoms with Gasteiger partial charge >= 0.3 is 0 Å². The van der Waals surface area contributed by atoms with Crippen molar-refractivity contribution in [1.82, 2.24) is 15.1 Å². The number of piperidine rings is 1. The van der Waals surface area contributed by atoms with E-state index in [2.05, 4.69) is 49.1 Å². The summed E-state index contributed by atoms with van der Waals surface area (Å²) in [6.07, 6.45) is 4.53. The van der Waals surface area contributed by atoms with Crippen LogP contribution < -0.4 is 5.32 Å². The van der Waals surface area contributed by atoms with Gasteiger partial charge in [-0.2, -0.15) is 5.26 Å². The van der Waals surface area contributed by atoms with Gasteiger partial charge in [-0.15, -0.1) is 0 Å². The predicted molar refractivity (Wildman–Crippen MR) is 84.7 cm³/mol. The van der Waals surface area contributed by atoms with Crippen LogP contribution >= 0.6 is 0 Å². The van der Waals surface area contributed by atoms with E-state index in [0.717, 1.165) is 25.4 Å². The molecule has 0 aliphatic carbocycles. The standard InChI is InChI=1S/C16H32N4/c1-14(2)18-16(3,13-17)9-6-10-20(5)15-7-11-19(4)12-8-15/h14-15,18H,6-12H2,1-5H3. The zero-order chi connectivity index (χ0) is 15.2. The first-order valence-electron chi connectivity index (χ1n) is 7.94. The molecule has 1 N–H and O–H groups in total. The Kier molecular flexibility index (Phi) is 6.94. The van der Waals surface area contributed by atoms with Crippen LogP contribution in [0.5, 0.6) is 0 Å². The Bertz CT molecular complexity index is 315. The number of likely N-dealkylation sites (tertiary alicyclic amines) is 1. The van der Waals surface area contributed by atoms with Crippen molar-refractivity contribution in [3.63, 3.8) is 0 Å². The molecule has 1 unspecified atom stereocenters. The molecule has 1 atom stereocenters. The minimum Gasteiger partial charge on any atom is -0.306 e. The van der Waals surface area contributed by atoms with E-state index in [0.29, 0.717) is 6.04 Å². The van der Waals surface area contributed by atoms with E-state index in [4.69, 9.17) is 0 Å². The quantitative estimate of drug-likeness (QED) is 0.775. The summed E-state index contributed by atoms with van der Waals surface area (Å²) >= 11 is 0. The Morgan fingerprint density at radius 3 is 2.50 bits per heavy atom. The lowest BCUT2D eigenvalue weighted by Crippen LogP contribution is -2.46. The number of nitrogens with zero attached hydrogens (tertiary/aromatic N) is 3. The number of nitriles is 1. The smallest absolute Gasteiger partial charge is 0.104 e. The monoisotopic (exact) mass is 280 g/mol. The third kappa shape index (κ3) is 5.78. The van der Waals surface area contributed by atoms with Crippen LogP contribution in [0.1, 0.15) is 46.5 Å². The zero-order valence-electron chi connectivity index (χ0n) is 13.9. The fourth-order valence-corrected chi connectivity index (χ4v) is 3.10. The highest BCUT2D eigenvalue weighted by atomic mass is 15.2. The van der Waals surface area contributed by atoms with Crippen LogP contribution in [0, 0.1) is 11.3 Å². The summed E-state index contributed by atoms with van der Waals surface area (Å²) in [4.78, 5) is 4.89. The molecule has 1 aliphatic rings. The van der Waals surface area contributed by atoms with Gasteiger partial charge in [-0.25, -0.2) is 0 Å². The molecule has 1 aliphatic heterocycles. The SMILES string of the molecule is CC(C)NC(C)(C#N)CCCN(C)C1CCN(C)CC1. The lowest BCUT2D eigenvalue weighted by molar-refractivity contribution is 0.140. The van der Waals surface area contributed by atoms with E-state index in [1.54, 1.807) is 0 Å². The summed E-state index contributed by atoms with van der Waals surface area (Å²) < 4.78 is 0. The Balaban J connectivity index is 2.30. The van der Waals surface area contributed by atoms with Crippen molar-refractivity contribution in [2.24, 2.45) is 0 Å². The zero-order valence-corrected chi connectivity index (χ0v) is 13.9. The highest BCUT2D eigenvalue weighted by Crippen LogP contribution is 2.17. The first-order valence-corrected chi connectivity index (χ1v) is 7.94. The third-order valence-corrected chi connectivity index (χ3v) is 4.35. The van der Waals surface area contributed by atoms with Gasteiger partial charge in [0, 0.05) is 12.1 Å². The van der Waals surface area contributed by atoms with Crippen LogP contribution in [-0.4, -0.2) is 61.2 Å². The maximum atomic E-state index is 9.35. The summed E-state index contributed by atoms with van der Waals surface area (Å²) in [7, 11) is 4.43. The van der Waals surface area contributed by atoms with Crippen molar-refractivity contribution in [3.8, 4) is 6.07 Å². The van der Waals surface area contributed by atoms with Gasteiger partial charge in [-0.05, 0) is 80.2 Å². The van der Waals surface area contributed by atoms with Gasteiger partial charge in [0.2, 0.25) is 0 Å². The fourth-order valence-electron chi connectivity index (χ4n) is 3.10. The molecule has 0 amide bonds. The average molecular weight is 280 g/mol. The summed E-state index contributed by atoms with van der Waals surface area (Å²) in [5, 5.41) is 12.7. The lowest BCUT2D eigenvalue weighted by atomic mass is 9.96. The molecule has 20 heavy (non-hydrogen) atoms. The Morgan fingerprint density at radius 2 is 2.00 bits per heavy atom. The minimum atomic E-state index is -0.387. The average Bonchev–Trinajstić information content (AvgIpc) is 2.38. The molecule has 4 heteroatoms. The maximum Gasteiger partial charge on any atom is 0.104 e. The maximum absolute atomic E-state index is 9.35. The third-order valence-electron chi connectivity index (χ3n) is 4.35. The molecule has 1 heterocycles. The highest BCUT2D eigenvalue weighted by Gasteiger charge is 2.25. The van der Waals surface area contributed by atoms with E-state index < -0.39 is 0 Å². The second-order valence-electron chi connectivity index (χ2n) is 6.86. The van der Waals surface area contributed by atoms with Crippen LogP contribution in [0.25, 0.3) is 0 Å². The number of nitrogens with one attached hydrogen (secondary N) is 1. The Labute approximate surface area is 125 Å². The highest BCUT2D eigenvalue weighted by molar-refractivity contribution is 5.04. The van der Waals surface area contributed by atoms with Crippen LogP contribution in [-0.2, 0) is 0 Å². The van der Waals surface area contributed by atoms with Gasteiger partial charge in [-0.1, -0.05) is 0 Å². The summed E-state index contributed by atoms with van der Waals surface area (Å²) in [6, 6.07) is 3.51.